The minimum absolute atomic E-state index is 0.177. The van der Waals surface area contributed by atoms with Crippen LogP contribution in [0.2, 0.25) is 0 Å². The van der Waals surface area contributed by atoms with Gasteiger partial charge in [0, 0.05) is 43.1 Å². The van der Waals surface area contributed by atoms with Gasteiger partial charge in [-0.3, -0.25) is 14.5 Å². The fourth-order valence-corrected chi connectivity index (χ4v) is 5.60. The molecule has 44 heavy (non-hydrogen) atoms. The first-order chi connectivity index (χ1) is 21.6. The van der Waals surface area contributed by atoms with Gasteiger partial charge in [-0.2, -0.15) is 5.26 Å². The summed E-state index contributed by atoms with van der Waals surface area (Å²) in [5, 5.41) is 12.5. The maximum Gasteiger partial charge on any atom is 0.234 e. The monoisotopic (exact) mass is 581 g/mol. The first kappa shape index (κ1) is 27.3. The van der Waals surface area contributed by atoms with Crippen molar-refractivity contribution in [3.05, 3.63) is 115 Å². The van der Waals surface area contributed by atoms with Crippen LogP contribution in [0.1, 0.15) is 24.2 Å². The molecule has 0 amide bonds. The number of fused-ring (bicyclic) bond motifs is 1. The number of pyridine rings is 2. The normalized spacial score (nSPS) is 14.0. The van der Waals surface area contributed by atoms with Crippen LogP contribution in [0.5, 0.6) is 0 Å². The molecule has 0 radical (unpaired) electrons. The number of imidazole rings is 1. The highest BCUT2D eigenvalue weighted by molar-refractivity contribution is 5.82. The van der Waals surface area contributed by atoms with E-state index < -0.39 is 0 Å². The average molecular weight is 582 g/mol. The molecular weight excluding hydrogens is 553 g/mol. The summed E-state index contributed by atoms with van der Waals surface area (Å²) in [6.07, 6.45) is 4.79. The van der Waals surface area contributed by atoms with Crippen molar-refractivity contribution < 1.29 is 4.39 Å². The molecule has 1 aliphatic heterocycles. The molecule has 0 spiro atoms. The first-order valence-electron chi connectivity index (χ1n) is 14.5. The molecule has 9 nitrogen and oxygen atoms in total. The quantitative estimate of drug-likeness (QED) is 0.244. The third kappa shape index (κ3) is 5.73. The molecule has 216 valence electrons. The molecule has 6 aromatic rings. The predicted molar refractivity (Wildman–Crippen MR) is 166 cm³/mol. The molecule has 1 saturated heterocycles. The van der Waals surface area contributed by atoms with Gasteiger partial charge in [-0.1, -0.05) is 42.5 Å². The van der Waals surface area contributed by atoms with Crippen LogP contribution in [0.15, 0.2) is 97.3 Å². The van der Waals surface area contributed by atoms with Crippen LogP contribution in [0.25, 0.3) is 39.6 Å². The van der Waals surface area contributed by atoms with Crippen molar-refractivity contribution in [2.45, 2.75) is 25.4 Å². The van der Waals surface area contributed by atoms with E-state index in [-0.39, 0.29) is 11.6 Å². The molecule has 0 unspecified atom stereocenters. The Hall–Kier alpha value is -5.53. The summed E-state index contributed by atoms with van der Waals surface area (Å²) < 4.78 is 15.6. The maximum atomic E-state index is 13.5. The molecule has 10 heteroatoms. The number of nitriles is 1. The van der Waals surface area contributed by atoms with Crippen molar-refractivity contribution in [1.82, 2.24) is 34.4 Å². The van der Waals surface area contributed by atoms with Gasteiger partial charge >= 0.3 is 0 Å². The zero-order valence-electron chi connectivity index (χ0n) is 23.8. The number of anilines is 1. The van der Waals surface area contributed by atoms with Gasteiger partial charge in [-0.25, -0.2) is 24.3 Å². The Kier molecular flexibility index (Phi) is 7.44. The number of halogens is 1. The summed E-state index contributed by atoms with van der Waals surface area (Å²) >= 11 is 0. The number of benzene rings is 2. The van der Waals surface area contributed by atoms with Crippen molar-refractivity contribution in [3.63, 3.8) is 0 Å². The summed E-state index contributed by atoms with van der Waals surface area (Å²) in [7, 11) is 0. The number of hydrogen-bond acceptors (Lipinski definition) is 8. The molecule has 0 bridgehead atoms. The van der Waals surface area contributed by atoms with Crippen LogP contribution >= 0.6 is 0 Å². The Morgan fingerprint density at radius 1 is 0.841 bits per heavy atom. The number of rotatable bonds is 7. The van der Waals surface area contributed by atoms with Crippen LogP contribution in [-0.4, -0.2) is 53.5 Å². The van der Waals surface area contributed by atoms with Crippen LogP contribution in [-0.2, 0) is 6.54 Å². The summed E-state index contributed by atoms with van der Waals surface area (Å²) in [6, 6.07) is 29.6. The molecular formula is C34H28FN9. The van der Waals surface area contributed by atoms with E-state index in [2.05, 4.69) is 54.0 Å². The van der Waals surface area contributed by atoms with Crippen LogP contribution in [0, 0.1) is 17.1 Å². The predicted octanol–water partition coefficient (Wildman–Crippen LogP) is 6.03. The van der Waals surface area contributed by atoms with Gasteiger partial charge in [0.05, 0.1) is 17.6 Å². The van der Waals surface area contributed by atoms with E-state index in [9.17, 15) is 4.39 Å². The molecule has 1 N–H and O–H groups in total. The molecule has 0 saturated carbocycles. The Balaban J connectivity index is 1.11. The highest BCUT2D eigenvalue weighted by atomic mass is 19.1. The molecule has 5 heterocycles. The summed E-state index contributed by atoms with van der Waals surface area (Å²) in [5.41, 5.74) is 5.89. The lowest BCUT2D eigenvalue weighted by Crippen LogP contribution is -2.38. The summed E-state index contributed by atoms with van der Waals surface area (Å²) in [5.74, 6) is 1.29. The van der Waals surface area contributed by atoms with E-state index in [0.29, 0.717) is 28.9 Å². The van der Waals surface area contributed by atoms with Gasteiger partial charge < -0.3 is 5.32 Å². The molecule has 1 fully saturated rings. The van der Waals surface area contributed by atoms with E-state index in [4.69, 9.17) is 15.2 Å². The molecule has 7 rings (SSSR count). The highest BCUT2D eigenvalue weighted by Crippen LogP contribution is 2.30. The molecule has 0 aliphatic carbocycles. The van der Waals surface area contributed by atoms with Crippen molar-refractivity contribution in [1.29, 1.82) is 5.26 Å². The van der Waals surface area contributed by atoms with E-state index >= 15 is 0 Å². The third-order valence-corrected chi connectivity index (χ3v) is 7.82. The summed E-state index contributed by atoms with van der Waals surface area (Å²) in [4.78, 5) is 24.8. The summed E-state index contributed by atoms with van der Waals surface area (Å²) in [6.45, 7) is 2.78. The fraction of sp³-hybridized carbons (Fsp3) is 0.176. The van der Waals surface area contributed by atoms with E-state index in [1.54, 1.807) is 18.3 Å². The minimum Gasteiger partial charge on any atom is -0.367 e. The lowest BCUT2D eigenvalue weighted by atomic mass is 10.0. The second kappa shape index (κ2) is 12.0. The lowest BCUT2D eigenvalue weighted by molar-refractivity contribution is 0.211. The van der Waals surface area contributed by atoms with Crippen molar-refractivity contribution in [3.8, 4) is 34.5 Å². The van der Waals surface area contributed by atoms with Gasteiger partial charge in [-0.15, -0.1) is 0 Å². The van der Waals surface area contributed by atoms with Gasteiger partial charge in [-0.05, 0) is 60.9 Å². The first-order valence-corrected chi connectivity index (χ1v) is 14.5. The standard InChI is InChI=1S/C34H28FN9/c35-25-8-11-28(38-21-25)29-12-13-30-34(40-29)44(33(41-30)24-4-2-1-3-5-24)27-9-6-23(7-10-27)22-43-18-15-26(16-19-43)39-31-14-17-37-32(20-36)42-31/h1-14,17,21,26H,15-16,18-19,22H2,(H,37,39,42). The number of hydrogen-bond donors (Lipinski definition) is 1. The molecule has 1 aliphatic rings. The Morgan fingerprint density at radius 2 is 1.64 bits per heavy atom. The fourth-order valence-electron chi connectivity index (χ4n) is 5.60. The maximum absolute atomic E-state index is 13.5. The van der Waals surface area contributed by atoms with Crippen LogP contribution in [0.3, 0.4) is 0 Å². The molecule has 2 aromatic carbocycles. The molecule has 4 aromatic heterocycles. The second-order valence-electron chi connectivity index (χ2n) is 10.8. The number of aromatic nitrogens is 6. The Morgan fingerprint density at radius 3 is 2.39 bits per heavy atom. The lowest BCUT2D eigenvalue weighted by Gasteiger charge is -2.32. The largest absolute Gasteiger partial charge is 0.367 e. The van der Waals surface area contributed by atoms with Crippen LogP contribution in [0.4, 0.5) is 10.2 Å². The van der Waals surface area contributed by atoms with E-state index in [0.717, 1.165) is 55.1 Å². The van der Waals surface area contributed by atoms with E-state index in [1.807, 2.05) is 48.5 Å². The third-order valence-electron chi connectivity index (χ3n) is 7.82. The van der Waals surface area contributed by atoms with Crippen molar-refractivity contribution in [2.75, 3.05) is 18.4 Å². The topological polar surface area (TPSA) is 108 Å². The molecule has 0 atom stereocenters. The number of piperidine rings is 1. The van der Waals surface area contributed by atoms with Gasteiger partial charge in [0.25, 0.3) is 0 Å². The second-order valence-corrected chi connectivity index (χ2v) is 10.8. The smallest absolute Gasteiger partial charge is 0.234 e. The Bertz CT molecular complexity index is 1940. The number of nitrogens with zero attached hydrogens (tertiary/aromatic N) is 8. The zero-order valence-corrected chi connectivity index (χ0v) is 23.8. The number of likely N-dealkylation sites (tertiary alicyclic amines) is 1. The van der Waals surface area contributed by atoms with Gasteiger partial charge in [0.2, 0.25) is 5.82 Å². The van der Waals surface area contributed by atoms with E-state index in [1.165, 1.54) is 17.8 Å². The van der Waals surface area contributed by atoms with Gasteiger partial charge in [0.15, 0.2) is 5.65 Å². The van der Waals surface area contributed by atoms with Crippen molar-refractivity contribution >= 4 is 17.0 Å². The van der Waals surface area contributed by atoms with Crippen molar-refractivity contribution in [2.24, 2.45) is 0 Å². The van der Waals surface area contributed by atoms with Crippen LogP contribution < -0.4 is 5.32 Å². The average Bonchev–Trinajstić information content (AvgIpc) is 3.46. The SMILES string of the molecule is N#Cc1nccc(NC2CCN(Cc3ccc(-n4c(-c5ccccc5)nc5ccc(-c6ccc(F)cn6)nc54)cc3)CC2)n1. The zero-order chi connectivity index (χ0) is 29.9. The Labute approximate surface area is 253 Å². The number of nitrogens with one attached hydrogen (secondary N) is 1. The highest BCUT2D eigenvalue weighted by Gasteiger charge is 2.21. The minimum atomic E-state index is -0.385. The van der Waals surface area contributed by atoms with Gasteiger partial charge in [0.1, 0.15) is 29.0 Å².